The number of ether oxygens (including phenoxy) is 4. The molecule has 0 saturated heterocycles. The number of esters is 2. The van der Waals surface area contributed by atoms with E-state index in [-0.39, 0.29) is 11.1 Å². The number of alkyl halides is 14. The molecule has 0 radical (unpaired) electrons. The number of ketones is 1. The van der Waals surface area contributed by atoms with Crippen molar-refractivity contribution in [2.45, 2.75) is 91.9 Å². The molecule has 0 aliphatic rings. The fourth-order valence-corrected chi connectivity index (χ4v) is 5.76. The number of hydrogen-bond donors (Lipinski definition) is 1. The minimum Gasteiger partial charge on any atom is -0.743 e. The molecular formula is C37H33F16NO14S2-2. The quantitative estimate of drug-likeness (QED) is 0.0276. The zero-order valence-electron chi connectivity index (χ0n) is 34.8. The number of nitrogens with one attached hydrogen (secondary N) is 1. The van der Waals surface area contributed by atoms with E-state index in [0.29, 0.717) is 5.56 Å². The van der Waals surface area contributed by atoms with Crippen LogP contribution in [0.5, 0.6) is 0 Å². The molecule has 0 aliphatic carbocycles. The van der Waals surface area contributed by atoms with Crippen LogP contribution in [0.1, 0.15) is 42.4 Å². The standard InChI is InChI=1S/C19H18F8O7S.C18H17F8NO7S/c1-11-4-6-13(7-5-11)10-14(28)17(18(23,24)25,34-15(29)12(2)20)33-9-3-8-16(21,22)19(26,27)35(30,31)32;1-11(19)13(28)34-16(17(22,23)24,14(29)27-10-12-6-3-2-4-7-12)33-9-5-8-15(20,21)18(25,26)35(30,31)32/h4-7H,2-3,8-10H2,1H3,(H,30,31,32);2-4,6-7H,1,5,8-10H2,(H,27,29)(H,30,31,32)/p-2. The van der Waals surface area contributed by atoms with Gasteiger partial charge in [0.25, 0.3) is 0 Å². The van der Waals surface area contributed by atoms with Gasteiger partial charge in [0.15, 0.2) is 20.2 Å². The van der Waals surface area contributed by atoms with Crippen molar-refractivity contribution in [3.63, 3.8) is 0 Å². The van der Waals surface area contributed by atoms with Crippen molar-refractivity contribution in [2.75, 3.05) is 13.2 Å². The molecule has 396 valence electrons. The molecule has 2 aromatic rings. The summed E-state index contributed by atoms with van der Waals surface area (Å²) in [5.74, 6) is -33.6. The molecule has 0 aliphatic heterocycles. The number of carbonyl (C=O) groups is 4. The molecule has 1 amide bonds. The molecule has 70 heavy (non-hydrogen) atoms. The lowest BCUT2D eigenvalue weighted by Gasteiger charge is -2.33. The molecular weight excluding hydrogens is 1050 g/mol. The Kier molecular flexibility index (Phi) is 20.8. The highest BCUT2D eigenvalue weighted by Gasteiger charge is 2.68. The molecule has 2 rings (SSSR count). The molecule has 0 spiro atoms. The van der Waals surface area contributed by atoms with Crippen molar-refractivity contribution in [3.8, 4) is 0 Å². The van der Waals surface area contributed by atoms with Crippen molar-refractivity contribution in [1.82, 2.24) is 5.32 Å². The Bertz CT molecular complexity index is 2420. The maximum Gasteiger partial charge on any atom is 0.466 e. The number of amides is 1. The fourth-order valence-electron chi connectivity index (χ4n) is 4.83. The zero-order chi connectivity index (χ0) is 54.8. The summed E-state index contributed by atoms with van der Waals surface area (Å²) in [4.78, 5) is 47.8. The van der Waals surface area contributed by atoms with Crippen LogP contribution in [0.25, 0.3) is 0 Å². The molecule has 15 nitrogen and oxygen atoms in total. The van der Waals surface area contributed by atoms with Gasteiger partial charge in [-0.1, -0.05) is 73.3 Å². The molecule has 2 aromatic carbocycles. The SMILES string of the molecule is C=C(F)C(=O)OC(OCCCC(F)(F)C(F)(F)S(=O)(=O)[O-])(C(=O)Cc1ccc(C)cc1)C(F)(F)F.C=C(F)C(=O)OC(OCCCC(F)(F)C(F)(F)S(=O)(=O)[O-])(C(=O)NCc1ccccc1)C(F)(F)F. The first-order chi connectivity index (χ1) is 31.5. The summed E-state index contributed by atoms with van der Waals surface area (Å²) in [7, 11) is -13.7. The first-order valence-electron chi connectivity index (χ1n) is 18.4. The van der Waals surface area contributed by atoms with Gasteiger partial charge < -0.3 is 33.4 Å². The van der Waals surface area contributed by atoms with Gasteiger partial charge in [0.1, 0.15) is 0 Å². The van der Waals surface area contributed by atoms with E-state index in [1.807, 2.05) is 0 Å². The lowest BCUT2D eigenvalue weighted by molar-refractivity contribution is -0.347. The average molecular weight is 1080 g/mol. The molecule has 0 saturated carbocycles. The van der Waals surface area contributed by atoms with Gasteiger partial charge in [-0.15, -0.1) is 0 Å². The number of rotatable bonds is 24. The summed E-state index contributed by atoms with van der Waals surface area (Å²) in [5.41, 5.74) is 0.830. The third-order valence-electron chi connectivity index (χ3n) is 8.47. The zero-order valence-corrected chi connectivity index (χ0v) is 36.5. The molecule has 0 fully saturated rings. The summed E-state index contributed by atoms with van der Waals surface area (Å²) >= 11 is 0. The van der Waals surface area contributed by atoms with Gasteiger partial charge in [-0.05, 0) is 30.9 Å². The molecule has 2 atom stereocenters. The third-order valence-corrected chi connectivity index (χ3v) is 10.3. The normalized spacial score (nSPS) is 14.7. The third kappa shape index (κ3) is 15.6. The summed E-state index contributed by atoms with van der Waals surface area (Å²) in [6, 6.07) is 12.4. The summed E-state index contributed by atoms with van der Waals surface area (Å²) in [6.07, 6.45) is -20.4. The maximum absolute atomic E-state index is 13.9. The molecule has 1 N–H and O–H groups in total. The van der Waals surface area contributed by atoms with E-state index in [1.54, 1.807) is 12.2 Å². The van der Waals surface area contributed by atoms with Crippen LogP contribution in [0.2, 0.25) is 0 Å². The lowest BCUT2D eigenvalue weighted by Crippen LogP contribution is -2.61. The Morgan fingerprint density at radius 1 is 0.586 bits per heavy atom. The van der Waals surface area contributed by atoms with E-state index in [9.17, 15) is 115 Å². The van der Waals surface area contributed by atoms with Gasteiger partial charge in [-0.2, -0.15) is 70.2 Å². The Morgan fingerprint density at radius 2 is 0.957 bits per heavy atom. The van der Waals surface area contributed by atoms with Crippen LogP contribution >= 0.6 is 0 Å². The molecule has 0 bridgehead atoms. The number of halogens is 16. The number of benzene rings is 2. The second-order valence-corrected chi connectivity index (χ2v) is 16.7. The smallest absolute Gasteiger partial charge is 0.466 e. The van der Waals surface area contributed by atoms with Gasteiger partial charge in [0.05, 0.1) is 13.2 Å². The predicted molar refractivity (Wildman–Crippen MR) is 198 cm³/mol. The lowest BCUT2D eigenvalue weighted by atomic mass is 10.0. The van der Waals surface area contributed by atoms with Gasteiger partial charge in [-0.25, -0.2) is 26.4 Å². The van der Waals surface area contributed by atoms with Crippen LogP contribution in [-0.2, 0) is 71.3 Å². The Hall–Kier alpha value is -5.38. The van der Waals surface area contributed by atoms with E-state index in [0.717, 1.165) is 0 Å². The van der Waals surface area contributed by atoms with E-state index >= 15 is 0 Å². The second-order valence-electron chi connectivity index (χ2n) is 13.8. The van der Waals surface area contributed by atoms with E-state index in [2.05, 4.69) is 32.1 Å². The monoisotopic (exact) mass is 1080 g/mol. The number of Topliss-reactive ketones (excluding diaryl/α,β-unsaturated/α-hetero) is 1. The molecule has 0 aromatic heterocycles. The Labute approximate surface area is 384 Å². The fraction of sp³-hybridized carbons (Fsp3) is 0.459. The molecule has 33 heteroatoms. The maximum atomic E-state index is 13.9. The first kappa shape index (κ1) is 62.6. The number of aryl methyl sites for hydroxylation is 1. The first-order valence-corrected chi connectivity index (χ1v) is 21.2. The van der Waals surface area contributed by atoms with E-state index < -0.39 is 154 Å². The van der Waals surface area contributed by atoms with Gasteiger partial charge in [0, 0.05) is 25.8 Å². The molecule has 2 unspecified atom stereocenters. The minimum absolute atomic E-state index is 0.0558. The highest BCUT2D eigenvalue weighted by atomic mass is 32.2. The van der Waals surface area contributed by atoms with Crippen LogP contribution in [0.3, 0.4) is 0 Å². The van der Waals surface area contributed by atoms with Crippen LogP contribution in [0.4, 0.5) is 70.2 Å². The van der Waals surface area contributed by atoms with Crippen LogP contribution < -0.4 is 5.32 Å². The molecule has 0 heterocycles. The van der Waals surface area contributed by atoms with Crippen molar-refractivity contribution in [2.24, 2.45) is 0 Å². The Morgan fingerprint density at radius 3 is 1.31 bits per heavy atom. The van der Waals surface area contributed by atoms with Crippen molar-refractivity contribution in [3.05, 3.63) is 96.1 Å². The van der Waals surface area contributed by atoms with E-state index in [4.69, 9.17) is 0 Å². The van der Waals surface area contributed by atoms with Crippen molar-refractivity contribution < 1.29 is 134 Å². The topological polar surface area (TPSA) is 232 Å². The largest absolute Gasteiger partial charge is 0.743 e. The minimum atomic E-state index is -6.86. The van der Waals surface area contributed by atoms with Crippen LogP contribution in [0.15, 0.2) is 79.4 Å². The Balaban J connectivity index is 0.000000700. The summed E-state index contributed by atoms with van der Waals surface area (Å²) < 4.78 is 294. The average Bonchev–Trinajstić information content (AvgIpc) is 3.21. The highest BCUT2D eigenvalue weighted by molar-refractivity contribution is 7.87. The predicted octanol–water partition coefficient (Wildman–Crippen LogP) is 7.12. The number of carbonyl (C=O) groups excluding carboxylic acids is 4. The van der Waals surface area contributed by atoms with Gasteiger partial charge in [-0.3, -0.25) is 9.59 Å². The van der Waals surface area contributed by atoms with E-state index in [1.165, 1.54) is 54.6 Å². The number of hydrogen-bond acceptors (Lipinski definition) is 14. The van der Waals surface area contributed by atoms with Crippen LogP contribution in [0, 0.1) is 6.92 Å². The van der Waals surface area contributed by atoms with Crippen LogP contribution in [-0.4, -0.2) is 109 Å². The van der Waals surface area contributed by atoms with Gasteiger partial charge >= 0.3 is 64.1 Å². The summed E-state index contributed by atoms with van der Waals surface area (Å²) in [6.45, 7) is 2.48. The highest BCUT2D eigenvalue weighted by Crippen LogP contribution is 2.44. The summed E-state index contributed by atoms with van der Waals surface area (Å²) in [5, 5.41) is -10.5. The van der Waals surface area contributed by atoms with Crippen molar-refractivity contribution >= 4 is 43.9 Å². The second kappa shape index (κ2) is 23.2. The van der Waals surface area contributed by atoms with Crippen molar-refractivity contribution in [1.29, 1.82) is 0 Å². The van der Waals surface area contributed by atoms with Gasteiger partial charge in [0.2, 0.25) is 17.4 Å².